The first kappa shape index (κ1) is 26.1. The molecule has 1 unspecified atom stereocenters. The minimum Gasteiger partial charge on any atom is -0.443 e. The zero-order valence-electron chi connectivity index (χ0n) is 19.8. The predicted octanol–water partition coefficient (Wildman–Crippen LogP) is 4.14. The van der Waals surface area contributed by atoms with Crippen LogP contribution in [0.2, 0.25) is 0 Å². The molecule has 1 aliphatic rings. The standard InChI is InChI=1S/C23H29BrF2N4O4/c1-13(2)19-18(24)20(31)30(33-12-14-6-7-15(25)10-17(14)26)21(28-19)29(16-8-9-27-11-16)22(32)34-23(3,4)5/h6-7,10,13,16,27H,8-9,11-12H2,1-5H3. The van der Waals surface area contributed by atoms with Crippen LogP contribution in [0.5, 0.6) is 0 Å². The van der Waals surface area contributed by atoms with Crippen LogP contribution >= 0.6 is 15.9 Å². The lowest BCUT2D eigenvalue weighted by Gasteiger charge is -2.32. The van der Waals surface area contributed by atoms with E-state index in [0.29, 0.717) is 25.2 Å². The smallest absolute Gasteiger partial charge is 0.417 e. The third-order valence-electron chi connectivity index (χ3n) is 5.12. The van der Waals surface area contributed by atoms with Gasteiger partial charge in [0.15, 0.2) is 0 Å². The maximum Gasteiger partial charge on any atom is 0.417 e. The Morgan fingerprint density at radius 2 is 2.06 bits per heavy atom. The van der Waals surface area contributed by atoms with Crippen molar-refractivity contribution >= 4 is 28.0 Å². The van der Waals surface area contributed by atoms with Gasteiger partial charge in [-0.2, -0.15) is 0 Å². The van der Waals surface area contributed by atoms with Crippen molar-refractivity contribution in [2.24, 2.45) is 0 Å². The van der Waals surface area contributed by atoms with Gasteiger partial charge in [-0.1, -0.05) is 13.8 Å². The number of nitrogens with zero attached hydrogens (tertiary/aromatic N) is 3. The van der Waals surface area contributed by atoms with E-state index in [1.165, 1.54) is 11.0 Å². The van der Waals surface area contributed by atoms with Crippen LogP contribution in [0.15, 0.2) is 27.5 Å². The minimum atomic E-state index is -0.815. The van der Waals surface area contributed by atoms with E-state index in [-0.39, 0.29) is 34.6 Å². The van der Waals surface area contributed by atoms with Crippen LogP contribution < -0.4 is 20.6 Å². The summed E-state index contributed by atoms with van der Waals surface area (Å²) in [6.45, 7) is 9.70. The number of carbonyl (C=O) groups excluding carboxylic acids is 1. The Balaban J connectivity index is 2.12. The summed E-state index contributed by atoms with van der Waals surface area (Å²) in [6.07, 6.45) is -0.0788. The molecule has 0 saturated carbocycles. The van der Waals surface area contributed by atoms with E-state index in [4.69, 9.17) is 9.57 Å². The molecular formula is C23H29BrF2N4O4. The summed E-state index contributed by atoms with van der Waals surface area (Å²) >= 11 is 3.29. The SMILES string of the molecule is CC(C)c1nc(N(C(=O)OC(C)(C)C)C2CCNC2)n(OCc2ccc(F)cc2F)c(=O)c1Br. The lowest BCUT2D eigenvalue weighted by atomic mass is 10.1. The molecule has 1 aliphatic heterocycles. The molecule has 1 amide bonds. The van der Waals surface area contributed by atoms with E-state index in [2.05, 4.69) is 26.2 Å². The monoisotopic (exact) mass is 542 g/mol. The highest BCUT2D eigenvalue weighted by Crippen LogP contribution is 2.26. The molecule has 186 valence electrons. The van der Waals surface area contributed by atoms with Gasteiger partial charge >= 0.3 is 11.7 Å². The highest BCUT2D eigenvalue weighted by Gasteiger charge is 2.36. The summed E-state index contributed by atoms with van der Waals surface area (Å²) < 4.78 is 34.1. The molecular weight excluding hydrogens is 514 g/mol. The summed E-state index contributed by atoms with van der Waals surface area (Å²) in [7, 11) is 0. The van der Waals surface area contributed by atoms with Crippen LogP contribution in [-0.2, 0) is 11.3 Å². The lowest BCUT2D eigenvalue weighted by molar-refractivity contribution is 0.0525. The van der Waals surface area contributed by atoms with Crippen LogP contribution in [0.1, 0.15) is 58.2 Å². The van der Waals surface area contributed by atoms with Gasteiger partial charge in [-0.25, -0.2) is 23.5 Å². The molecule has 8 nitrogen and oxygen atoms in total. The molecule has 1 saturated heterocycles. The summed E-state index contributed by atoms with van der Waals surface area (Å²) in [5.41, 5.74) is -0.918. The summed E-state index contributed by atoms with van der Waals surface area (Å²) in [5.74, 6) is -1.76. The molecule has 1 aromatic heterocycles. The fraction of sp³-hybridized carbons (Fsp3) is 0.522. The lowest BCUT2D eigenvalue weighted by Crippen LogP contribution is -2.48. The minimum absolute atomic E-state index is 0.0367. The Morgan fingerprint density at radius 3 is 2.62 bits per heavy atom. The zero-order valence-corrected chi connectivity index (χ0v) is 21.4. The first-order valence-corrected chi connectivity index (χ1v) is 11.8. The number of anilines is 1. The summed E-state index contributed by atoms with van der Waals surface area (Å²) in [6, 6.07) is 2.71. The van der Waals surface area contributed by atoms with Crippen LogP contribution in [0.4, 0.5) is 19.5 Å². The van der Waals surface area contributed by atoms with E-state index in [1.807, 2.05) is 13.8 Å². The molecule has 3 rings (SSSR count). The van der Waals surface area contributed by atoms with Gasteiger partial charge in [0, 0.05) is 18.2 Å². The van der Waals surface area contributed by atoms with Crippen LogP contribution in [-0.4, -0.2) is 40.5 Å². The Labute approximate surface area is 205 Å². The number of rotatable bonds is 6. The molecule has 0 radical (unpaired) electrons. The normalized spacial score (nSPS) is 16.1. The zero-order chi connectivity index (χ0) is 25.2. The van der Waals surface area contributed by atoms with Crippen molar-refractivity contribution in [2.75, 3.05) is 18.0 Å². The van der Waals surface area contributed by atoms with E-state index in [9.17, 15) is 18.4 Å². The second-order valence-corrected chi connectivity index (χ2v) is 10.2. The van der Waals surface area contributed by atoms with Crippen molar-refractivity contribution in [1.29, 1.82) is 0 Å². The second kappa shape index (κ2) is 10.4. The van der Waals surface area contributed by atoms with Crippen molar-refractivity contribution in [3.8, 4) is 0 Å². The van der Waals surface area contributed by atoms with E-state index in [0.717, 1.165) is 16.9 Å². The van der Waals surface area contributed by atoms with Gasteiger partial charge in [0.05, 0.1) is 11.7 Å². The number of carbonyl (C=O) groups is 1. The van der Waals surface area contributed by atoms with Crippen LogP contribution in [0.25, 0.3) is 0 Å². The molecule has 1 fully saturated rings. The van der Waals surface area contributed by atoms with Gasteiger partial charge < -0.3 is 14.9 Å². The van der Waals surface area contributed by atoms with E-state index in [1.54, 1.807) is 20.8 Å². The molecule has 0 bridgehead atoms. The van der Waals surface area contributed by atoms with Gasteiger partial charge in [-0.3, -0.25) is 4.79 Å². The number of hydrogen-bond donors (Lipinski definition) is 1. The number of benzene rings is 1. The van der Waals surface area contributed by atoms with Crippen molar-refractivity contribution in [2.45, 2.75) is 65.2 Å². The highest BCUT2D eigenvalue weighted by atomic mass is 79.9. The Kier molecular flexibility index (Phi) is 7.97. The Morgan fingerprint density at radius 1 is 1.35 bits per heavy atom. The Hall–Kier alpha value is -2.53. The number of nitrogens with one attached hydrogen (secondary N) is 1. The maximum atomic E-state index is 14.2. The summed E-state index contributed by atoms with van der Waals surface area (Å²) in [5, 5.41) is 3.19. The third kappa shape index (κ3) is 5.93. The molecule has 34 heavy (non-hydrogen) atoms. The number of ether oxygens (including phenoxy) is 1. The number of amides is 1. The van der Waals surface area contributed by atoms with E-state index < -0.39 is 28.9 Å². The molecule has 1 N–H and O–H groups in total. The third-order valence-corrected chi connectivity index (χ3v) is 5.86. The number of halogens is 3. The fourth-order valence-corrected chi connectivity index (χ4v) is 4.19. The van der Waals surface area contributed by atoms with Crippen LogP contribution in [0, 0.1) is 11.6 Å². The molecule has 0 spiro atoms. The quantitative estimate of drug-likeness (QED) is 0.590. The largest absolute Gasteiger partial charge is 0.443 e. The predicted molar refractivity (Wildman–Crippen MR) is 127 cm³/mol. The average molecular weight is 543 g/mol. The van der Waals surface area contributed by atoms with Crippen molar-refractivity contribution in [1.82, 2.24) is 15.0 Å². The molecule has 11 heteroatoms. The second-order valence-electron chi connectivity index (χ2n) is 9.37. The van der Waals surface area contributed by atoms with Crippen LogP contribution in [0.3, 0.4) is 0 Å². The van der Waals surface area contributed by atoms with Gasteiger partial charge in [-0.05, 0) is 67.7 Å². The highest BCUT2D eigenvalue weighted by molar-refractivity contribution is 9.10. The van der Waals surface area contributed by atoms with Gasteiger partial charge in [0.1, 0.15) is 28.3 Å². The van der Waals surface area contributed by atoms with Crippen molar-refractivity contribution in [3.63, 3.8) is 0 Å². The molecule has 1 atom stereocenters. The first-order chi connectivity index (χ1) is 15.9. The van der Waals surface area contributed by atoms with E-state index >= 15 is 0 Å². The Bertz CT molecular complexity index is 1110. The van der Waals surface area contributed by atoms with Gasteiger partial charge in [0.2, 0.25) is 0 Å². The molecule has 1 aromatic carbocycles. The fourth-order valence-electron chi connectivity index (χ4n) is 3.48. The van der Waals surface area contributed by atoms with Gasteiger partial charge in [0.25, 0.3) is 5.95 Å². The average Bonchev–Trinajstić information content (AvgIpc) is 3.24. The topological polar surface area (TPSA) is 85.7 Å². The number of aromatic nitrogens is 2. The van der Waals surface area contributed by atoms with Gasteiger partial charge in [-0.15, -0.1) is 4.73 Å². The van der Waals surface area contributed by atoms with Crippen molar-refractivity contribution < 1.29 is 23.1 Å². The number of hydrogen-bond acceptors (Lipinski definition) is 6. The van der Waals surface area contributed by atoms with Crippen molar-refractivity contribution in [3.05, 3.63) is 55.9 Å². The first-order valence-electron chi connectivity index (χ1n) is 11.0. The summed E-state index contributed by atoms with van der Waals surface area (Å²) in [4.78, 5) is 38.2. The molecule has 2 aromatic rings. The maximum absolute atomic E-state index is 14.2. The molecule has 0 aliphatic carbocycles. The molecule has 2 heterocycles.